The molecule has 2 nitrogen and oxygen atoms in total. The van der Waals surface area contributed by atoms with Crippen molar-refractivity contribution < 1.29 is 0 Å². The number of benzene rings is 1. The van der Waals surface area contributed by atoms with Crippen LogP contribution in [-0.4, -0.2) is 9.78 Å². The lowest BCUT2D eigenvalue weighted by molar-refractivity contribution is 0.677. The third-order valence-electron chi connectivity index (χ3n) is 2.83. The fourth-order valence-corrected chi connectivity index (χ4v) is 1.85. The molecule has 0 spiro atoms. The van der Waals surface area contributed by atoms with Crippen LogP contribution in [-0.2, 0) is 13.5 Å². The van der Waals surface area contributed by atoms with Crippen LogP contribution in [0.5, 0.6) is 0 Å². The molecule has 0 radical (unpaired) electrons. The number of rotatable bonds is 4. The summed E-state index contributed by atoms with van der Waals surface area (Å²) in [6.45, 7) is 2.22. The summed E-state index contributed by atoms with van der Waals surface area (Å²) in [5, 5.41) is 4.55. The van der Waals surface area contributed by atoms with Gasteiger partial charge in [0.1, 0.15) is 0 Å². The quantitative estimate of drug-likeness (QED) is 0.762. The van der Waals surface area contributed by atoms with Crippen LogP contribution >= 0.6 is 0 Å². The number of unbranched alkanes of at least 4 members (excludes halogenated alkanes) is 1. The van der Waals surface area contributed by atoms with E-state index >= 15 is 0 Å². The summed E-state index contributed by atoms with van der Waals surface area (Å²) in [6, 6.07) is 12.5. The fourth-order valence-electron chi connectivity index (χ4n) is 1.85. The molecule has 0 aliphatic carbocycles. The number of aromatic nitrogens is 2. The summed E-state index contributed by atoms with van der Waals surface area (Å²) in [6.07, 6.45) is 3.58. The SMILES string of the molecule is CCCCc1cc(-c2ccccc2)nn1C. The molecule has 0 aliphatic rings. The Morgan fingerprint density at radius 2 is 1.94 bits per heavy atom. The molecule has 0 N–H and O–H groups in total. The van der Waals surface area contributed by atoms with Gasteiger partial charge in [0.2, 0.25) is 0 Å². The highest BCUT2D eigenvalue weighted by Gasteiger charge is 2.05. The zero-order chi connectivity index (χ0) is 11.4. The summed E-state index contributed by atoms with van der Waals surface area (Å²) in [5.41, 5.74) is 3.59. The van der Waals surface area contributed by atoms with E-state index in [0.717, 1.165) is 12.1 Å². The van der Waals surface area contributed by atoms with E-state index in [-0.39, 0.29) is 0 Å². The maximum Gasteiger partial charge on any atom is 0.0925 e. The zero-order valence-electron chi connectivity index (χ0n) is 9.98. The second-order valence-corrected chi connectivity index (χ2v) is 4.11. The molecular formula is C14H18N2. The average Bonchev–Trinajstić information content (AvgIpc) is 2.69. The molecule has 2 rings (SSSR count). The van der Waals surface area contributed by atoms with Crippen LogP contribution < -0.4 is 0 Å². The number of hydrogen-bond acceptors (Lipinski definition) is 1. The molecule has 1 aromatic carbocycles. The van der Waals surface area contributed by atoms with Gasteiger partial charge in [0.05, 0.1) is 5.69 Å². The smallest absolute Gasteiger partial charge is 0.0925 e. The van der Waals surface area contributed by atoms with Crippen molar-refractivity contribution in [2.45, 2.75) is 26.2 Å². The first-order valence-corrected chi connectivity index (χ1v) is 5.89. The van der Waals surface area contributed by atoms with E-state index in [9.17, 15) is 0 Å². The van der Waals surface area contributed by atoms with Crippen molar-refractivity contribution >= 4 is 0 Å². The molecule has 0 saturated heterocycles. The van der Waals surface area contributed by atoms with Crippen LogP contribution in [0.25, 0.3) is 11.3 Å². The van der Waals surface area contributed by atoms with E-state index in [1.807, 2.05) is 17.8 Å². The first-order valence-electron chi connectivity index (χ1n) is 5.89. The van der Waals surface area contributed by atoms with Gasteiger partial charge in [0.15, 0.2) is 0 Å². The Labute approximate surface area is 96.9 Å². The highest BCUT2D eigenvalue weighted by molar-refractivity contribution is 5.59. The lowest BCUT2D eigenvalue weighted by Gasteiger charge is -1.98. The first-order chi connectivity index (χ1) is 7.81. The summed E-state index contributed by atoms with van der Waals surface area (Å²) in [5.74, 6) is 0. The minimum Gasteiger partial charge on any atom is -0.272 e. The Hall–Kier alpha value is -1.57. The molecule has 0 atom stereocenters. The van der Waals surface area contributed by atoms with Gasteiger partial charge in [-0.2, -0.15) is 5.10 Å². The third-order valence-corrected chi connectivity index (χ3v) is 2.83. The van der Waals surface area contributed by atoms with Gasteiger partial charge in [0, 0.05) is 18.3 Å². The van der Waals surface area contributed by atoms with Crippen molar-refractivity contribution in [1.29, 1.82) is 0 Å². The van der Waals surface area contributed by atoms with Gasteiger partial charge in [0.25, 0.3) is 0 Å². The lowest BCUT2D eigenvalue weighted by atomic mass is 10.1. The summed E-state index contributed by atoms with van der Waals surface area (Å²) in [7, 11) is 2.03. The van der Waals surface area contributed by atoms with Crippen molar-refractivity contribution in [3.05, 3.63) is 42.1 Å². The zero-order valence-corrected chi connectivity index (χ0v) is 9.98. The molecule has 2 heteroatoms. The summed E-state index contributed by atoms with van der Waals surface area (Å²) < 4.78 is 2.00. The van der Waals surface area contributed by atoms with Crippen LogP contribution in [0.2, 0.25) is 0 Å². The van der Waals surface area contributed by atoms with Gasteiger partial charge in [-0.3, -0.25) is 4.68 Å². The number of hydrogen-bond donors (Lipinski definition) is 0. The van der Waals surface area contributed by atoms with Crippen molar-refractivity contribution in [3.63, 3.8) is 0 Å². The predicted octanol–water partition coefficient (Wildman–Crippen LogP) is 3.43. The van der Waals surface area contributed by atoms with Crippen molar-refractivity contribution in [2.24, 2.45) is 7.05 Å². The van der Waals surface area contributed by atoms with E-state index in [1.54, 1.807) is 0 Å². The summed E-state index contributed by atoms with van der Waals surface area (Å²) in [4.78, 5) is 0. The minimum absolute atomic E-state index is 1.08. The van der Waals surface area contributed by atoms with Crippen molar-refractivity contribution in [2.75, 3.05) is 0 Å². The minimum atomic E-state index is 1.08. The standard InChI is InChI=1S/C14H18N2/c1-3-4-10-13-11-14(15-16(13)2)12-8-6-5-7-9-12/h5-9,11H,3-4,10H2,1-2H3. The van der Waals surface area contributed by atoms with Crippen LogP contribution in [0, 0.1) is 0 Å². The van der Waals surface area contributed by atoms with Crippen LogP contribution in [0.15, 0.2) is 36.4 Å². The van der Waals surface area contributed by atoms with Crippen LogP contribution in [0.4, 0.5) is 0 Å². The molecule has 16 heavy (non-hydrogen) atoms. The van der Waals surface area contributed by atoms with Gasteiger partial charge >= 0.3 is 0 Å². The summed E-state index contributed by atoms with van der Waals surface area (Å²) >= 11 is 0. The highest BCUT2D eigenvalue weighted by atomic mass is 15.3. The predicted molar refractivity (Wildman–Crippen MR) is 67.3 cm³/mol. The molecule has 0 amide bonds. The van der Waals surface area contributed by atoms with Crippen molar-refractivity contribution in [1.82, 2.24) is 9.78 Å². The second kappa shape index (κ2) is 4.97. The topological polar surface area (TPSA) is 17.8 Å². The molecule has 2 aromatic rings. The number of nitrogens with zero attached hydrogens (tertiary/aromatic N) is 2. The molecule has 84 valence electrons. The molecule has 0 unspecified atom stereocenters. The fraction of sp³-hybridized carbons (Fsp3) is 0.357. The maximum absolute atomic E-state index is 4.55. The lowest BCUT2D eigenvalue weighted by Crippen LogP contribution is -1.97. The van der Waals surface area contributed by atoms with E-state index < -0.39 is 0 Å². The van der Waals surface area contributed by atoms with Crippen LogP contribution in [0.1, 0.15) is 25.5 Å². The maximum atomic E-state index is 4.55. The number of aryl methyl sites for hydroxylation is 2. The normalized spacial score (nSPS) is 10.6. The van der Waals surface area contributed by atoms with Gasteiger partial charge in [-0.05, 0) is 18.9 Å². The highest BCUT2D eigenvalue weighted by Crippen LogP contribution is 2.19. The average molecular weight is 214 g/mol. The third kappa shape index (κ3) is 2.32. The monoisotopic (exact) mass is 214 g/mol. The molecule has 1 heterocycles. The van der Waals surface area contributed by atoms with Gasteiger partial charge < -0.3 is 0 Å². The largest absolute Gasteiger partial charge is 0.272 e. The second-order valence-electron chi connectivity index (χ2n) is 4.11. The Morgan fingerprint density at radius 3 is 2.62 bits per heavy atom. The van der Waals surface area contributed by atoms with E-state index in [2.05, 4.69) is 42.4 Å². The Kier molecular flexibility index (Phi) is 3.40. The molecule has 0 fully saturated rings. The van der Waals surface area contributed by atoms with Gasteiger partial charge in [-0.15, -0.1) is 0 Å². The molecule has 0 aliphatic heterocycles. The van der Waals surface area contributed by atoms with Gasteiger partial charge in [-0.25, -0.2) is 0 Å². The van der Waals surface area contributed by atoms with E-state index in [0.29, 0.717) is 0 Å². The van der Waals surface area contributed by atoms with Crippen LogP contribution in [0.3, 0.4) is 0 Å². The Bertz CT molecular complexity index is 443. The molecule has 0 bridgehead atoms. The van der Waals surface area contributed by atoms with E-state index in [1.165, 1.54) is 24.1 Å². The molecule has 0 saturated carbocycles. The van der Waals surface area contributed by atoms with Crippen molar-refractivity contribution in [3.8, 4) is 11.3 Å². The Morgan fingerprint density at radius 1 is 1.19 bits per heavy atom. The first kappa shape index (κ1) is 10.9. The van der Waals surface area contributed by atoms with E-state index in [4.69, 9.17) is 0 Å². The Balaban J connectivity index is 2.24. The molecular weight excluding hydrogens is 196 g/mol. The van der Waals surface area contributed by atoms with Gasteiger partial charge in [-0.1, -0.05) is 43.7 Å². The molecule has 1 aromatic heterocycles.